The molecule has 4 aromatic rings. The lowest BCUT2D eigenvalue weighted by molar-refractivity contribution is 0.0732. The third-order valence-corrected chi connectivity index (χ3v) is 5.01. The van der Waals surface area contributed by atoms with E-state index in [1.54, 1.807) is 72.8 Å². The van der Waals surface area contributed by atoms with Crippen molar-refractivity contribution in [1.29, 1.82) is 0 Å². The number of hydrogen-bond donors (Lipinski definition) is 2. The molecule has 0 spiro atoms. The standard InChI is InChI=1S/C28H21N3O4S/c32-26(20-10-4-1-5-11-20)34-24-17-16-22(19-29-31-28(36)30-23-14-8-3-9-15-23)25(18-24)35-27(33)21-12-6-2-7-13-21/h1-19H,(H2,30,31,36). The maximum absolute atomic E-state index is 12.7. The van der Waals surface area contributed by atoms with Gasteiger partial charge in [0.1, 0.15) is 11.5 Å². The molecule has 2 N–H and O–H groups in total. The van der Waals surface area contributed by atoms with E-state index in [1.807, 2.05) is 30.3 Å². The number of nitrogens with zero attached hydrogens (tertiary/aromatic N) is 1. The number of hydrogen-bond acceptors (Lipinski definition) is 6. The molecule has 0 bridgehead atoms. The summed E-state index contributed by atoms with van der Waals surface area (Å²) in [5.74, 6) is -0.719. The number of carbonyl (C=O) groups is 2. The van der Waals surface area contributed by atoms with E-state index < -0.39 is 11.9 Å². The number of esters is 2. The van der Waals surface area contributed by atoms with Gasteiger partial charge in [0, 0.05) is 17.3 Å². The summed E-state index contributed by atoms with van der Waals surface area (Å²) in [7, 11) is 0. The largest absolute Gasteiger partial charge is 0.423 e. The first-order valence-electron chi connectivity index (χ1n) is 10.9. The lowest BCUT2D eigenvalue weighted by Gasteiger charge is -2.11. The molecule has 0 saturated carbocycles. The zero-order valence-corrected chi connectivity index (χ0v) is 19.8. The second-order valence-corrected chi connectivity index (χ2v) is 7.81. The molecule has 0 aliphatic rings. The fourth-order valence-corrected chi connectivity index (χ4v) is 3.26. The highest BCUT2D eigenvalue weighted by Crippen LogP contribution is 2.26. The molecule has 0 amide bonds. The number of thiocarbonyl (C=S) groups is 1. The molecule has 8 heteroatoms. The number of rotatable bonds is 7. The Bertz CT molecular complexity index is 1380. The highest BCUT2D eigenvalue weighted by atomic mass is 32.1. The maximum Gasteiger partial charge on any atom is 0.343 e. The molecule has 0 aliphatic carbocycles. The molecule has 0 atom stereocenters. The molecule has 0 radical (unpaired) electrons. The van der Waals surface area contributed by atoms with E-state index in [1.165, 1.54) is 12.3 Å². The van der Waals surface area contributed by atoms with Crippen LogP contribution in [0.5, 0.6) is 11.5 Å². The number of carbonyl (C=O) groups excluding carboxylic acids is 2. The van der Waals surface area contributed by atoms with Crippen LogP contribution in [0.3, 0.4) is 0 Å². The Hall–Kier alpha value is -4.82. The summed E-state index contributed by atoms with van der Waals surface area (Å²) < 4.78 is 11.1. The molecule has 0 aromatic heterocycles. The summed E-state index contributed by atoms with van der Waals surface area (Å²) in [6.07, 6.45) is 1.45. The normalized spacial score (nSPS) is 10.4. The van der Waals surface area contributed by atoms with Crippen LogP contribution in [-0.2, 0) is 0 Å². The van der Waals surface area contributed by atoms with Crippen molar-refractivity contribution in [2.45, 2.75) is 0 Å². The Kier molecular flexibility index (Phi) is 8.14. The van der Waals surface area contributed by atoms with Gasteiger partial charge < -0.3 is 14.8 Å². The van der Waals surface area contributed by atoms with Crippen molar-refractivity contribution >= 4 is 41.2 Å². The second-order valence-electron chi connectivity index (χ2n) is 7.40. The molecule has 0 unspecified atom stereocenters. The molecule has 178 valence electrons. The molecule has 0 saturated heterocycles. The van der Waals surface area contributed by atoms with Gasteiger partial charge in [0.15, 0.2) is 5.11 Å². The Morgan fingerprint density at radius 2 is 1.28 bits per heavy atom. The average Bonchev–Trinajstić information content (AvgIpc) is 2.91. The van der Waals surface area contributed by atoms with Crippen LogP contribution in [0.1, 0.15) is 26.3 Å². The zero-order chi connectivity index (χ0) is 25.2. The van der Waals surface area contributed by atoms with E-state index in [4.69, 9.17) is 21.7 Å². The molecule has 36 heavy (non-hydrogen) atoms. The van der Waals surface area contributed by atoms with Gasteiger partial charge in [-0.3, -0.25) is 5.43 Å². The summed E-state index contributed by atoms with van der Waals surface area (Å²) in [4.78, 5) is 25.1. The van der Waals surface area contributed by atoms with Gasteiger partial charge in [-0.15, -0.1) is 0 Å². The number of ether oxygens (including phenoxy) is 2. The van der Waals surface area contributed by atoms with Crippen molar-refractivity contribution in [3.63, 3.8) is 0 Å². The minimum Gasteiger partial charge on any atom is -0.423 e. The predicted molar refractivity (Wildman–Crippen MR) is 143 cm³/mol. The van der Waals surface area contributed by atoms with Crippen molar-refractivity contribution in [2.75, 3.05) is 5.32 Å². The van der Waals surface area contributed by atoms with E-state index >= 15 is 0 Å². The van der Waals surface area contributed by atoms with Gasteiger partial charge in [0.05, 0.1) is 17.3 Å². The van der Waals surface area contributed by atoms with Gasteiger partial charge in [-0.25, -0.2) is 9.59 Å². The highest BCUT2D eigenvalue weighted by Gasteiger charge is 2.14. The minimum absolute atomic E-state index is 0.162. The van der Waals surface area contributed by atoms with Gasteiger partial charge in [0.2, 0.25) is 0 Å². The molecule has 7 nitrogen and oxygen atoms in total. The number of benzene rings is 4. The van der Waals surface area contributed by atoms with Crippen LogP contribution in [-0.4, -0.2) is 23.3 Å². The van der Waals surface area contributed by atoms with E-state index in [2.05, 4.69) is 15.8 Å². The first-order valence-corrected chi connectivity index (χ1v) is 11.3. The van der Waals surface area contributed by atoms with E-state index in [0.29, 0.717) is 16.7 Å². The maximum atomic E-state index is 12.7. The molecule has 0 fully saturated rings. The summed E-state index contributed by atoms with van der Waals surface area (Å²) >= 11 is 5.25. The van der Waals surface area contributed by atoms with Crippen molar-refractivity contribution < 1.29 is 19.1 Å². The van der Waals surface area contributed by atoms with Crippen molar-refractivity contribution in [3.8, 4) is 11.5 Å². The summed E-state index contributed by atoms with van der Waals surface area (Å²) in [5.41, 5.74) is 4.77. The smallest absolute Gasteiger partial charge is 0.343 e. The molecule has 4 rings (SSSR count). The van der Waals surface area contributed by atoms with Crippen molar-refractivity contribution in [1.82, 2.24) is 5.43 Å². The SMILES string of the molecule is O=C(Oc1ccc(C=NNC(=S)Nc2ccccc2)c(OC(=O)c2ccccc2)c1)c1ccccc1. The van der Waals surface area contributed by atoms with Crippen LogP contribution in [0.2, 0.25) is 0 Å². The first-order chi connectivity index (χ1) is 17.6. The minimum atomic E-state index is -0.564. The number of anilines is 1. The third-order valence-electron chi connectivity index (χ3n) is 4.82. The lowest BCUT2D eigenvalue weighted by atomic mass is 10.2. The monoisotopic (exact) mass is 495 g/mol. The molecule has 0 aliphatic heterocycles. The van der Waals surface area contributed by atoms with Crippen LogP contribution >= 0.6 is 12.2 Å². The second kappa shape index (κ2) is 12.0. The fraction of sp³-hybridized carbons (Fsp3) is 0. The number of nitrogens with one attached hydrogen (secondary N) is 2. The van der Waals surface area contributed by atoms with Crippen LogP contribution < -0.4 is 20.2 Å². The van der Waals surface area contributed by atoms with Gasteiger partial charge in [-0.1, -0.05) is 54.6 Å². The highest BCUT2D eigenvalue weighted by molar-refractivity contribution is 7.80. The van der Waals surface area contributed by atoms with Crippen molar-refractivity contribution in [3.05, 3.63) is 126 Å². The predicted octanol–water partition coefficient (Wildman–Crippen LogP) is 5.45. The van der Waals surface area contributed by atoms with E-state index in [-0.39, 0.29) is 16.6 Å². The molecular formula is C28H21N3O4S. The molecular weight excluding hydrogens is 474 g/mol. The van der Waals surface area contributed by atoms with E-state index in [0.717, 1.165) is 5.69 Å². The summed E-state index contributed by atoms with van der Waals surface area (Å²) in [6.45, 7) is 0. The average molecular weight is 496 g/mol. The Balaban J connectivity index is 1.52. The lowest BCUT2D eigenvalue weighted by Crippen LogP contribution is -2.23. The van der Waals surface area contributed by atoms with Gasteiger partial charge >= 0.3 is 11.9 Å². The molecule has 4 aromatic carbocycles. The fourth-order valence-electron chi connectivity index (χ4n) is 3.09. The van der Waals surface area contributed by atoms with Gasteiger partial charge in [-0.2, -0.15) is 5.10 Å². The Morgan fingerprint density at radius 1 is 0.722 bits per heavy atom. The first kappa shape index (κ1) is 24.3. The number of para-hydroxylation sites is 1. The van der Waals surface area contributed by atoms with Crippen LogP contribution in [0.4, 0.5) is 5.69 Å². The van der Waals surface area contributed by atoms with Crippen LogP contribution in [0.15, 0.2) is 114 Å². The van der Waals surface area contributed by atoms with E-state index in [9.17, 15) is 9.59 Å². The zero-order valence-electron chi connectivity index (χ0n) is 19.0. The quantitative estimate of drug-likeness (QED) is 0.116. The Labute approximate surface area is 213 Å². The van der Waals surface area contributed by atoms with Crippen LogP contribution in [0, 0.1) is 0 Å². The summed E-state index contributed by atoms with van der Waals surface area (Å²) in [5, 5.41) is 7.43. The third kappa shape index (κ3) is 6.85. The van der Waals surface area contributed by atoms with Gasteiger partial charge in [0.25, 0.3) is 0 Å². The number of hydrazone groups is 1. The molecule has 0 heterocycles. The van der Waals surface area contributed by atoms with Gasteiger partial charge in [-0.05, 0) is 60.7 Å². The summed E-state index contributed by atoms with van der Waals surface area (Å²) in [6, 6.07) is 31.2. The van der Waals surface area contributed by atoms with Crippen LogP contribution in [0.25, 0.3) is 0 Å². The topological polar surface area (TPSA) is 89.0 Å². The van der Waals surface area contributed by atoms with Crippen molar-refractivity contribution in [2.24, 2.45) is 5.10 Å². The Morgan fingerprint density at radius 3 is 1.89 bits per heavy atom.